The summed E-state index contributed by atoms with van der Waals surface area (Å²) in [6.07, 6.45) is 5.38. The van der Waals surface area contributed by atoms with Crippen LogP contribution in [0.25, 0.3) is 16.9 Å². The number of nitrogens with one attached hydrogen (secondary N) is 1. The summed E-state index contributed by atoms with van der Waals surface area (Å²) in [5.41, 5.74) is 2.65. The zero-order valence-electron chi connectivity index (χ0n) is 20.7. The molecule has 8 heteroatoms. The van der Waals surface area contributed by atoms with Gasteiger partial charge in [-0.15, -0.1) is 0 Å². The van der Waals surface area contributed by atoms with Crippen molar-refractivity contribution in [2.24, 2.45) is 5.92 Å². The average molecular weight is 486 g/mol. The van der Waals surface area contributed by atoms with Gasteiger partial charge in [0.15, 0.2) is 0 Å². The van der Waals surface area contributed by atoms with Crippen LogP contribution in [0.3, 0.4) is 0 Å². The van der Waals surface area contributed by atoms with Gasteiger partial charge in [0.25, 0.3) is 5.91 Å². The summed E-state index contributed by atoms with van der Waals surface area (Å²) in [7, 11) is 1.69. The van der Waals surface area contributed by atoms with Crippen LogP contribution in [0.1, 0.15) is 38.2 Å². The second-order valence-electron chi connectivity index (χ2n) is 9.84. The Balaban J connectivity index is 1.35. The van der Waals surface area contributed by atoms with E-state index in [2.05, 4.69) is 5.32 Å². The molecule has 0 bridgehead atoms. The zero-order chi connectivity index (χ0) is 25.3. The van der Waals surface area contributed by atoms with E-state index in [-0.39, 0.29) is 24.3 Å². The third-order valence-electron chi connectivity index (χ3n) is 7.49. The number of nitrogens with zero attached hydrogens (tertiary/aromatic N) is 4. The Hall–Kier alpha value is -3.94. The molecule has 1 aliphatic carbocycles. The molecule has 1 aromatic heterocycles. The minimum Gasteiger partial charge on any atom is -0.340 e. The predicted octanol–water partition coefficient (Wildman–Crippen LogP) is 4.00. The number of benzene rings is 2. The third kappa shape index (κ3) is 4.27. The molecule has 1 N–H and O–H groups in total. The van der Waals surface area contributed by atoms with Gasteiger partial charge in [-0.1, -0.05) is 68.3 Å². The van der Waals surface area contributed by atoms with Crippen molar-refractivity contribution in [3.63, 3.8) is 0 Å². The molecule has 3 aromatic rings. The molecule has 1 aliphatic heterocycles. The Kier molecular flexibility index (Phi) is 6.35. The van der Waals surface area contributed by atoms with Gasteiger partial charge < -0.3 is 10.2 Å². The summed E-state index contributed by atoms with van der Waals surface area (Å²) >= 11 is 0. The number of carbonyl (C=O) groups excluding carboxylic acids is 3. The van der Waals surface area contributed by atoms with Crippen LogP contribution < -0.4 is 5.32 Å². The first-order chi connectivity index (χ1) is 17.4. The zero-order valence-corrected chi connectivity index (χ0v) is 20.7. The number of para-hydroxylation sites is 1. The van der Waals surface area contributed by atoms with Gasteiger partial charge in [0.2, 0.25) is 5.91 Å². The third-order valence-corrected chi connectivity index (χ3v) is 7.49. The lowest BCUT2D eigenvalue weighted by molar-refractivity contribution is -0.140. The maximum atomic E-state index is 13.3. The highest BCUT2D eigenvalue weighted by atomic mass is 16.2. The molecule has 5 rings (SSSR count). The van der Waals surface area contributed by atoms with E-state index in [9.17, 15) is 14.4 Å². The molecule has 4 amide bonds. The van der Waals surface area contributed by atoms with E-state index < -0.39 is 11.6 Å². The highest BCUT2D eigenvalue weighted by Gasteiger charge is 2.55. The van der Waals surface area contributed by atoms with Crippen molar-refractivity contribution in [1.82, 2.24) is 24.9 Å². The van der Waals surface area contributed by atoms with Gasteiger partial charge >= 0.3 is 6.03 Å². The Bertz CT molecular complexity index is 1270. The van der Waals surface area contributed by atoms with Gasteiger partial charge in [-0.3, -0.25) is 14.5 Å². The molecule has 2 aromatic carbocycles. The van der Waals surface area contributed by atoms with Gasteiger partial charge in [-0.05, 0) is 30.9 Å². The van der Waals surface area contributed by atoms with E-state index in [1.54, 1.807) is 11.9 Å². The van der Waals surface area contributed by atoms with Crippen LogP contribution in [0.4, 0.5) is 4.79 Å². The molecule has 2 fully saturated rings. The van der Waals surface area contributed by atoms with Gasteiger partial charge in [-0.2, -0.15) is 5.10 Å². The van der Waals surface area contributed by atoms with E-state index >= 15 is 0 Å². The van der Waals surface area contributed by atoms with E-state index in [0.29, 0.717) is 13.0 Å². The minimum atomic E-state index is -0.870. The molecule has 0 radical (unpaired) electrons. The summed E-state index contributed by atoms with van der Waals surface area (Å²) in [4.78, 5) is 41.8. The first-order valence-electron chi connectivity index (χ1n) is 12.5. The molecular formula is C28H31N5O3. The highest BCUT2D eigenvalue weighted by molar-refractivity contribution is 6.09. The molecule has 2 heterocycles. The summed E-state index contributed by atoms with van der Waals surface area (Å²) in [5.74, 6) is -0.522. The molecule has 36 heavy (non-hydrogen) atoms. The quantitative estimate of drug-likeness (QED) is 0.535. The highest BCUT2D eigenvalue weighted by Crippen LogP contribution is 2.38. The summed E-state index contributed by atoms with van der Waals surface area (Å²) in [6, 6.07) is 19.2. The normalized spacial score (nSPS) is 21.6. The lowest BCUT2D eigenvalue weighted by Crippen LogP contribution is -2.54. The largest absolute Gasteiger partial charge is 0.340 e. The molecular weight excluding hydrogens is 454 g/mol. The maximum absolute atomic E-state index is 13.3. The number of carbonyl (C=O) groups is 3. The number of aromatic nitrogens is 2. The maximum Gasteiger partial charge on any atom is 0.325 e. The molecule has 8 nitrogen and oxygen atoms in total. The fraction of sp³-hybridized carbons (Fsp3) is 0.357. The fourth-order valence-corrected chi connectivity index (χ4v) is 5.32. The molecule has 1 saturated heterocycles. The monoisotopic (exact) mass is 485 g/mol. The predicted molar refractivity (Wildman–Crippen MR) is 136 cm³/mol. The second-order valence-corrected chi connectivity index (χ2v) is 9.84. The topological polar surface area (TPSA) is 87.5 Å². The smallest absolute Gasteiger partial charge is 0.325 e. The van der Waals surface area contributed by atoms with E-state index in [4.69, 9.17) is 5.10 Å². The van der Waals surface area contributed by atoms with Crippen molar-refractivity contribution in [2.75, 3.05) is 13.6 Å². The van der Waals surface area contributed by atoms with Crippen LogP contribution in [0.15, 0.2) is 66.9 Å². The molecule has 1 saturated carbocycles. The van der Waals surface area contributed by atoms with Crippen LogP contribution in [0, 0.1) is 5.92 Å². The van der Waals surface area contributed by atoms with Crippen molar-refractivity contribution in [3.05, 3.63) is 72.4 Å². The number of urea groups is 1. The van der Waals surface area contributed by atoms with Crippen molar-refractivity contribution in [1.29, 1.82) is 0 Å². The number of likely N-dealkylation sites (N-methyl/N-ethyl adjacent to an activating group) is 1. The van der Waals surface area contributed by atoms with Gasteiger partial charge in [0.05, 0.1) is 11.4 Å². The molecule has 1 spiro atoms. The van der Waals surface area contributed by atoms with Gasteiger partial charge in [-0.25, -0.2) is 9.48 Å². The standard InChI is InChI=1S/C28H31N5O3/c1-20-11-9-10-16-28(20)26(35)32(27(36)29-28)19-24(34)31(2)17-22-18-33(23-14-7-4-8-15-23)30-25(22)21-12-5-3-6-13-21/h3-8,12-15,18,20H,9-11,16-17,19H2,1-2H3,(H,29,36). The van der Waals surface area contributed by atoms with E-state index in [1.165, 1.54) is 0 Å². The summed E-state index contributed by atoms with van der Waals surface area (Å²) in [6.45, 7) is 2.02. The van der Waals surface area contributed by atoms with Crippen molar-refractivity contribution >= 4 is 17.8 Å². The molecule has 186 valence electrons. The SMILES string of the molecule is CC1CCCCC12NC(=O)N(CC(=O)N(C)Cc1cn(-c3ccccc3)nc1-c1ccccc1)C2=O. The average Bonchev–Trinajstić information content (AvgIpc) is 3.42. The Morgan fingerprint density at radius 3 is 2.47 bits per heavy atom. The number of amides is 4. The lowest BCUT2D eigenvalue weighted by Gasteiger charge is -2.36. The number of hydrogen-bond acceptors (Lipinski definition) is 4. The number of imide groups is 1. The first-order valence-corrected chi connectivity index (χ1v) is 12.5. The first kappa shape index (κ1) is 23.8. The summed E-state index contributed by atoms with van der Waals surface area (Å²) in [5, 5.41) is 7.72. The minimum absolute atomic E-state index is 0.0535. The second kappa shape index (κ2) is 9.60. The number of hydrogen-bond donors (Lipinski definition) is 1. The molecule has 2 unspecified atom stereocenters. The van der Waals surface area contributed by atoms with E-state index in [1.807, 2.05) is 78.5 Å². The number of rotatable bonds is 6. The van der Waals surface area contributed by atoms with Crippen molar-refractivity contribution < 1.29 is 14.4 Å². The Morgan fingerprint density at radius 2 is 1.78 bits per heavy atom. The van der Waals surface area contributed by atoms with Crippen molar-refractivity contribution in [3.8, 4) is 16.9 Å². The molecule has 2 aliphatic rings. The Morgan fingerprint density at radius 1 is 1.08 bits per heavy atom. The van der Waals surface area contributed by atoms with Crippen LogP contribution in [0.2, 0.25) is 0 Å². The van der Waals surface area contributed by atoms with E-state index in [0.717, 1.165) is 46.7 Å². The van der Waals surface area contributed by atoms with Crippen LogP contribution >= 0.6 is 0 Å². The van der Waals surface area contributed by atoms with Crippen LogP contribution in [-0.2, 0) is 16.1 Å². The summed E-state index contributed by atoms with van der Waals surface area (Å²) < 4.78 is 1.81. The van der Waals surface area contributed by atoms with Crippen LogP contribution in [0.5, 0.6) is 0 Å². The van der Waals surface area contributed by atoms with Crippen LogP contribution in [-0.4, -0.2) is 56.6 Å². The lowest BCUT2D eigenvalue weighted by atomic mass is 9.73. The molecule has 2 atom stereocenters. The fourth-order valence-electron chi connectivity index (χ4n) is 5.32. The van der Waals surface area contributed by atoms with Crippen molar-refractivity contribution in [2.45, 2.75) is 44.7 Å². The Labute approximate surface area is 210 Å². The van der Waals surface area contributed by atoms with Gasteiger partial charge in [0, 0.05) is 30.9 Å². The van der Waals surface area contributed by atoms with Gasteiger partial charge in [0.1, 0.15) is 12.1 Å².